The van der Waals surface area contributed by atoms with Gasteiger partial charge in [-0.1, -0.05) is 24.2 Å². The first-order chi connectivity index (χ1) is 12.5. The lowest BCUT2D eigenvalue weighted by Crippen LogP contribution is -2.34. The van der Waals surface area contributed by atoms with Gasteiger partial charge in [0, 0.05) is 12.0 Å². The van der Waals surface area contributed by atoms with Crippen LogP contribution in [0.25, 0.3) is 11.4 Å². The quantitative estimate of drug-likeness (QED) is 0.781. The van der Waals surface area contributed by atoms with E-state index in [1.807, 2.05) is 0 Å². The Kier molecular flexibility index (Phi) is 7.74. The van der Waals surface area contributed by atoms with E-state index in [0.29, 0.717) is 35.5 Å². The zero-order valence-electron chi connectivity index (χ0n) is 15.6. The fraction of sp³-hybridized carbons (Fsp3) is 0.526. The van der Waals surface area contributed by atoms with Crippen molar-refractivity contribution in [3.05, 3.63) is 36.0 Å². The predicted molar refractivity (Wildman–Crippen MR) is 103 cm³/mol. The van der Waals surface area contributed by atoms with Crippen LogP contribution in [0.5, 0.6) is 0 Å². The fourth-order valence-electron chi connectivity index (χ4n) is 3.39. The van der Waals surface area contributed by atoms with E-state index >= 15 is 0 Å². The number of rotatable bonds is 6. The summed E-state index contributed by atoms with van der Waals surface area (Å²) >= 11 is 0. The lowest BCUT2D eigenvalue weighted by molar-refractivity contribution is -0.123. The van der Waals surface area contributed by atoms with Gasteiger partial charge in [0.15, 0.2) is 0 Å². The van der Waals surface area contributed by atoms with Crippen molar-refractivity contribution < 1.29 is 13.7 Å². The Morgan fingerprint density at radius 2 is 2.11 bits per heavy atom. The smallest absolute Gasteiger partial charge is 0.249 e. The Morgan fingerprint density at radius 1 is 1.37 bits per heavy atom. The Hall–Kier alpha value is -1.99. The summed E-state index contributed by atoms with van der Waals surface area (Å²) in [5.74, 6) is 1.17. The molecule has 1 aliphatic rings. The SMILES string of the molecule is CC(NC(=O)CC(C)C1CCNCC1)c1nc(-c2cccc(F)c2)no1.Cl. The van der Waals surface area contributed by atoms with E-state index in [-0.39, 0.29) is 24.1 Å². The van der Waals surface area contributed by atoms with Gasteiger partial charge in [-0.2, -0.15) is 4.98 Å². The molecule has 0 aliphatic carbocycles. The minimum atomic E-state index is -0.391. The molecule has 6 nitrogen and oxygen atoms in total. The van der Waals surface area contributed by atoms with Crippen molar-refractivity contribution in [2.24, 2.45) is 11.8 Å². The van der Waals surface area contributed by atoms with Crippen molar-refractivity contribution in [1.29, 1.82) is 0 Å². The van der Waals surface area contributed by atoms with Gasteiger partial charge >= 0.3 is 0 Å². The van der Waals surface area contributed by atoms with Crippen LogP contribution in [-0.4, -0.2) is 29.1 Å². The van der Waals surface area contributed by atoms with Gasteiger partial charge in [0.05, 0.1) is 0 Å². The molecule has 3 rings (SSSR count). The largest absolute Gasteiger partial charge is 0.345 e. The van der Waals surface area contributed by atoms with Gasteiger partial charge in [-0.3, -0.25) is 4.79 Å². The molecule has 2 unspecified atom stereocenters. The van der Waals surface area contributed by atoms with Crippen LogP contribution in [0.15, 0.2) is 28.8 Å². The maximum absolute atomic E-state index is 13.3. The van der Waals surface area contributed by atoms with E-state index in [2.05, 4.69) is 27.7 Å². The average molecular weight is 397 g/mol. The Labute approximate surface area is 164 Å². The molecule has 2 atom stereocenters. The molecule has 8 heteroatoms. The number of hydrogen-bond acceptors (Lipinski definition) is 5. The van der Waals surface area contributed by atoms with Gasteiger partial charge in [-0.25, -0.2) is 4.39 Å². The van der Waals surface area contributed by atoms with Crippen molar-refractivity contribution in [1.82, 2.24) is 20.8 Å². The Morgan fingerprint density at radius 3 is 2.81 bits per heavy atom. The van der Waals surface area contributed by atoms with Crippen LogP contribution in [0.4, 0.5) is 4.39 Å². The highest BCUT2D eigenvalue weighted by Gasteiger charge is 2.24. The summed E-state index contributed by atoms with van der Waals surface area (Å²) in [4.78, 5) is 16.6. The number of hydrogen-bond donors (Lipinski definition) is 2. The molecule has 1 aromatic heterocycles. The molecule has 0 radical (unpaired) electrons. The molecule has 1 aromatic carbocycles. The van der Waals surface area contributed by atoms with Gasteiger partial charge in [-0.15, -0.1) is 12.4 Å². The summed E-state index contributed by atoms with van der Waals surface area (Å²) in [7, 11) is 0. The summed E-state index contributed by atoms with van der Waals surface area (Å²) < 4.78 is 18.6. The molecule has 1 amide bonds. The fourth-order valence-corrected chi connectivity index (χ4v) is 3.39. The standard InChI is InChI=1S/C19H25FN4O2.ClH/c1-12(14-6-8-21-9-7-14)10-17(25)22-13(2)19-23-18(24-26-19)15-4-3-5-16(20)11-15;/h3-5,11-14,21H,6-10H2,1-2H3,(H,22,25);1H. The first-order valence-electron chi connectivity index (χ1n) is 9.12. The number of aromatic nitrogens is 2. The van der Waals surface area contributed by atoms with Crippen molar-refractivity contribution in [3.8, 4) is 11.4 Å². The number of carbonyl (C=O) groups is 1. The monoisotopic (exact) mass is 396 g/mol. The maximum atomic E-state index is 13.3. The van der Waals surface area contributed by atoms with Crippen molar-refractivity contribution in [2.75, 3.05) is 13.1 Å². The van der Waals surface area contributed by atoms with Crippen molar-refractivity contribution in [3.63, 3.8) is 0 Å². The number of amides is 1. The topological polar surface area (TPSA) is 80.0 Å². The number of piperidine rings is 1. The second-order valence-corrected chi connectivity index (χ2v) is 7.02. The second-order valence-electron chi connectivity index (χ2n) is 7.02. The molecular weight excluding hydrogens is 371 g/mol. The molecule has 1 saturated heterocycles. The summed E-state index contributed by atoms with van der Waals surface area (Å²) in [5, 5.41) is 10.1. The summed E-state index contributed by atoms with van der Waals surface area (Å²) in [5.41, 5.74) is 0.540. The van der Waals surface area contributed by atoms with Crippen molar-refractivity contribution in [2.45, 2.75) is 39.2 Å². The molecule has 2 heterocycles. The number of nitrogens with one attached hydrogen (secondary N) is 2. The Balaban J connectivity index is 0.00000261. The third-order valence-electron chi connectivity index (χ3n) is 4.97. The normalized spacial score (nSPS) is 17.0. The van der Waals surface area contributed by atoms with E-state index in [0.717, 1.165) is 25.9 Å². The molecule has 0 bridgehead atoms. The highest BCUT2D eigenvalue weighted by Crippen LogP contribution is 2.25. The molecule has 2 N–H and O–H groups in total. The van der Waals surface area contributed by atoms with Crippen LogP contribution in [-0.2, 0) is 4.79 Å². The van der Waals surface area contributed by atoms with E-state index in [1.54, 1.807) is 19.1 Å². The lowest BCUT2D eigenvalue weighted by Gasteiger charge is -2.28. The van der Waals surface area contributed by atoms with E-state index < -0.39 is 6.04 Å². The predicted octanol–water partition coefficient (Wildman–Crippen LogP) is 3.50. The summed E-state index contributed by atoms with van der Waals surface area (Å²) in [6, 6.07) is 5.61. The highest BCUT2D eigenvalue weighted by molar-refractivity contribution is 5.85. The van der Waals surface area contributed by atoms with Gasteiger partial charge in [-0.05, 0) is 56.8 Å². The molecule has 1 fully saturated rings. The molecule has 0 spiro atoms. The lowest BCUT2D eigenvalue weighted by atomic mass is 9.84. The molecular formula is C19H26ClFN4O2. The van der Waals surface area contributed by atoms with Crippen molar-refractivity contribution >= 4 is 18.3 Å². The third kappa shape index (κ3) is 5.74. The molecule has 2 aromatic rings. The maximum Gasteiger partial charge on any atom is 0.249 e. The van der Waals surface area contributed by atoms with Crippen LogP contribution in [0.2, 0.25) is 0 Å². The van der Waals surface area contributed by atoms with Gasteiger partial charge in [0.25, 0.3) is 0 Å². The summed E-state index contributed by atoms with van der Waals surface area (Å²) in [6.45, 7) is 5.99. The zero-order chi connectivity index (χ0) is 18.5. The third-order valence-corrected chi connectivity index (χ3v) is 4.97. The molecule has 0 saturated carbocycles. The van der Waals surface area contributed by atoms with Crippen LogP contribution in [0, 0.1) is 17.7 Å². The van der Waals surface area contributed by atoms with Crippen LogP contribution in [0.1, 0.15) is 45.0 Å². The minimum Gasteiger partial charge on any atom is -0.345 e. The number of nitrogens with zero attached hydrogens (tertiary/aromatic N) is 2. The Bertz CT molecular complexity index is 749. The highest BCUT2D eigenvalue weighted by atomic mass is 35.5. The zero-order valence-corrected chi connectivity index (χ0v) is 16.4. The molecule has 148 valence electrons. The van der Waals surface area contributed by atoms with Gasteiger partial charge < -0.3 is 15.2 Å². The first-order valence-corrected chi connectivity index (χ1v) is 9.12. The van der Waals surface area contributed by atoms with E-state index in [4.69, 9.17) is 4.52 Å². The first kappa shape index (κ1) is 21.3. The number of benzene rings is 1. The second kappa shape index (κ2) is 9.80. The van der Waals surface area contributed by atoms with Gasteiger partial charge in [0.1, 0.15) is 11.9 Å². The average Bonchev–Trinajstić information content (AvgIpc) is 3.12. The van der Waals surface area contributed by atoms with Crippen LogP contribution >= 0.6 is 12.4 Å². The summed E-state index contributed by atoms with van der Waals surface area (Å²) in [6.07, 6.45) is 2.72. The number of halogens is 2. The van der Waals surface area contributed by atoms with Crippen LogP contribution < -0.4 is 10.6 Å². The van der Waals surface area contributed by atoms with Crippen LogP contribution in [0.3, 0.4) is 0 Å². The minimum absolute atomic E-state index is 0. The number of carbonyl (C=O) groups excluding carboxylic acids is 1. The van der Waals surface area contributed by atoms with E-state index in [1.165, 1.54) is 12.1 Å². The molecule has 1 aliphatic heterocycles. The van der Waals surface area contributed by atoms with E-state index in [9.17, 15) is 9.18 Å². The molecule has 27 heavy (non-hydrogen) atoms. The van der Waals surface area contributed by atoms with Gasteiger partial charge in [0.2, 0.25) is 17.6 Å².